The van der Waals surface area contributed by atoms with Gasteiger partial charge in [0, 0.05) is 6.54 Å². The number of hydrogen-bond donors (Lipinski definition) is 2. The van der Waals surface area contributed by atoms with Crippen molar-refractivity contribution in [2.24, 2.45) is 0 Å². The molecule has 9 heteroatoms. The number of fused-ring (bicyclic) bond motifs is 1. The Morgan fingerprint density at radius 1 is 1.07 bits per heavy atom. The zero-order chi connectivity index (χ0) is 20.2. The molecule has 2 aromatic carbocycles. The number of amides is 1. The van der Waals surface area contributed by atoms with Crippen molar-refractivity contribution < 1.29 is 4.79 Å². The smallest absolute Gasteiger partial charge is 0.277 e. The number of benzene rings is 2. The van der Waals surface area contributed by atoms with Crippen LogP contribution in [-0.4, -0.2) is 30.5 Å². The monoisotopic (exact) mass is 389 g/mol. The van der Waals surface area contributed by atoms with Crippen LogP contribution < -0.4 is 16.4 Å². The van der Waals surface area contributed by atoms with Gasteiger partial charge in [0.25, 0.3) is 11.5 Å². The highest BCUT2D eigenvalue weighted by Crippen LogP contribution is 2.10. The Hall–Kier alpha value is -4.01. The molecule has 29 heavy (non-hydrogen) atoms. The highest BCUT2D eigenvalue weighted by molar-refractivity contribution is 5.92. The van der Waals surface area contributed by atoms with Crippen LogP contribution in [0.25, 0.3) is 10.9 Å². The van der Waals surface area contributed by atoms with E-state index in [0.717, 1.165) is 5.56 Å². The van der Waals surface area contributed by atoms with Gasteiger partial charge in [-0.05, 0) is 24.6 Å². The van der Waals surface area contributed by atoms with Gasteiger partial charge >= 0.3 is 0 Å². The summed E-state index contributed by atoms with van der Waals surface area (Å²) in [6, 6.07) is 16.8. The number of nitrogens with zero attached hydrogens (tertiary/aromatic N) is 5. The minimum absolute atomic E-state index is 0.152. The summed E-state index contributed by atoms with van der Waals surface area (Å²) in [5.74, 6) is -0.226. The van der Waals surface area contributed by atoms with Gasteiger partial charge in [-0.15, -0.1) is 5.10 Å². The lowest BCUT2D eigenvalue weighted by molar-refractivity contribution is 0.0957. The third-order valence-electron chi connectivity index (χ3n) is 4.42. The first-order valence-electron chi connectivity index (χ1n) is 9.15. The normalized spacial score (nSPS) is 10.8. The molecule has 0 saturated heterocycles. The number of rotatable bonds is 6. The molecule has 0 unspecified atom stereocenters. The topological polar surface area (TPSA) is 107 Å². The lowest BCUT2D eigenvalue weighted by Crippen LogP contribution is -2.34. The van der Waals surface area contributed by atoms with E-state index in [1.807, 2.05) is 37.3 Å². The number of aromatic nitrogens is 5. The fraction of sp³-hybridized carbons (Fsp3) is 0.150. The summed E-state index contributed by atoms with van der Waals surface area (Å²) in [5.41, 5.74) is 6.84. The number of para-hydroxylation sites is 1. The van der Waals surface area contributed by atoms with Gasteiger partial charge in [0.15, 0.2) is 5.69 Å². The van der Waals surface area contributed by atoms with Crippen LogP contribution in [0.2, 0.25) is 0 Å². The van der Waals surface area contributed by atoms with Crippen LogP contribution >= 0.6 is 0 Å². The van der Waals surface area contributed by atoms with E-state index in [-0.39, 0.29) is 17.2 Å². The van der Waals surface area contributed by atoms with E-state index in [4.69, 9.17) is 0 Å². The van der Waals surface area contributed by atoms with Crippen molar-refractivity contribution in [3.63, 3.8) is 0 Å². The Morgan fingerprint density at radius 2 is 1.83 bits per heavy atom. The second kappa shape index (κ2) is 7.93. The SMILES string of the molecule is CCn1c(NNC(=O)c2cn(Cc3ccccc3)nn2)nc2ccccc2c1=O. The lowest BCUT2D eigenvalue weighted by atomic mass is 10.2. The third kappa shape index (κ3) is 3.84. The van der Waals surface area contributed by atoms with Crippen molar-refractivity contribution in [3.05, 3.63) is 82.4 Å². The Morgan fingerprint density at radius 3 is 2.62 bits per heavy atom. The highest BCUT2D eigenvalue weighted by Gasteiger charge is 2.13. The molecule has 0 spiro atoms. The first kappa shape index (κ1) is 18.4. The largest absolute Gasteiger partial charge is 0.291 e. The number of anilines is 1. The highest BCUT2D eigenvalue weighted by atomic mass is 16.2. The molecule has 0 aliphatic rings. The van der Waals surface area contributed by atoms with E-state index in [2.05, 4.69) is 26.1 Å². The molecule has 0 aliphatic carbocycles. The van der Waals surface area contributed by atoms with Crippen LogP contribution in [0.15, 0.2) is 65.6 Å². The molecule has 146 valence electrons. The zero-order valence-electron chi connectivity index (χ0n) is 15.7. The van der Waals surface area contributed by atoms with Gasteiger partial charge in [0.05, 0.1) is 23.6 Å². The first-order valence-corrected chi connectivity index (χ1v) is 9.15. The quantitative estimate of drug-likeness (QED) is 0.487. The van der Waals surface area contributed by atoms with Gasteiger partial charge in [-0.1, -0.05) is 47.7 Å². The first-order chi connectivity index (χ1) is 14.2. The second-order valence-corrected chi connectivity index (χ2v) is 6.37. The van der Waals surface area contributed by atoms with Crippen molar-refractivity contribution in [2.45, 2.75) is 20.0 Å². The van der Waals surface area contributed by atoms with E-state index in [1.165, 1.54) is 4.57 Å². The van der Waals surface area contributed by atoms with Crippen molar-refractivity contribution in [3.8, 4) is 0 Å². The van der Waals surface area contributed by atoms with E-state index < -0.39 is 5.91 Å². The van der Waals surface area contributed by atoms with Gasteiger partial charge < -0.3 is 0 Å². The lowest BCUT2D eigenvalue weighted by Gasteiger charge is -2.13. The average Bonchev–Trinajstić information content (AvgIpc) is 3.21. The Kier molecular flexibility index (Phi) is 5.02. The molecule has 2 aromatic heterocycles. The van der Waals surface area contributed by atoms with Gasteiger partial charge in [0.2, 0.25) is 5.95 Å². The van der Waals surface area contributed by atoms with Crippen LogP contribution in [0.5, 0.6) is 0 Å². The van der Waals surface area contributed by atoms with Crippen LogP contribution in [0.1, 0.15) is 23.0 Å². The fourth-order valence-electron chi connectivity index (χ4n) is 2.98. The molecule has 2 heterocycles. The fourth-order valence-corrected chi connectivity index (χ4v) is 2.98. The Labute approximate surface area is 166 Å². The van der Waals surface area contributed by atoms with E-state index in [9.17, 15) is 9.59 Å². The molecule has 4 aromatic rings. The van der Waals surface area contributed by atoms with E-state index in [0.29, 0.717) is 24.0 Å². The molecule has 0 aliphatic heterocycles. The van der Waals surface area contributed by atoms with E-state index >= 15 is 0 Å². The minimum Gasteiger partial charge on any atom is -0.277 e. The molecular formula is C20H19N7O2. The molecule has 1 amide bonds. The maximum absolute atomic E-state index is 12.6. The number of carbonyl (C=O) groups excluding carboxylic acids is 1. The Balaban J connectivity index is 1.49. The summed E-state index contributed by atoms with van der Waals surface area (Å²) in [5, 5.41) is 8.41. The number of hydrogen-bond acceptors (Lipinski definition) is 6. The summed E-state index contributed by atoms with van der Waals surface area (Å²) >= 11 is 0. The second-order valence-electron chi connectivity index (χ2n) is 6.37. The summed E-state index contributed by atoms with van der Waals surface area (Å²) in [6.45, 7) is 2.75. The predicted octanol–water partition coefficient (Wildman–Crippen LogP) is 1.81. The number of nitrogens with one attached hydrogen (secondary N) is 2. The zero-order valence-corrected chi connectivity index (χ0v) is 15.7. The molecule has 0 radical (unpaired) electrons. The molecule has 2 N–H and O–H groups in total. The van der Waals surface area contributed by atoms with Crippen molar-refractivity contribution in [1.82, 2.24) is 30.0 Å². The predicted molar refractivity (Wildman–Crippen MR) is 108 cm³/mol. The summed E-state index contributed by atoms with van der Waals surface area (Å²) in [6.07, 6.45) is 1.56. The van der Waals surface area contributed by atoms with Crippen LogP contribution in [0.4, 0.5) is 5.95 Å². The van der Waals surface area contributed by atoms with E-state index in [1.54, 1.807) is 35.1 Å². The molecule has 0 bridgehead atoms. The summed E-state index contributed by atoms with van der Waals surface area (Å²) in [4.78, 5) is 29.5. The standard InChI is InChI=1S/C20H19N7O2/c1-2-27-19(29)15-10-6-7-11-16(15)21-20(27)24-23-18(28)17-13-26(25-22-17)12-14-8-4-3-5-9-14/h3-11,13H,2,12H2,1H3,(H,21,24)(H,23,28). The molecule has 4 rings (SSSR count). The molecule has 0 saturated carbocycles. The van der Waals surface area contributed by atoms with Gasteiger partial charge in [0.1, 0.15) is 0 Å². The molecule has 0 fully saturated rings. The van der Waals surface area contributed by atoms with Crippen molar-refractivity contribution >= 4 is 22.8 Å². The summed E-state index contributed by atoms with van der Waals surface area (Å²) < 4.78 is 3.04. The number of carbonyl (C=O) groups is 1. The average molecular weight is 389 g/mol. The van der Waals surface area contributed by atoms with Crippen molar-refractivity contribution in [2.75, 3.05) is 5.43 Å². The molecule has 0 atom stereocenters. The van der Waals surface area contributed by atoms with Gasteiger partial charge in [-0.2, -0.15) is 0 Å². The van der Waals surface area contributed by atoms with Crippen LogP contribution in [0, 0.1) is 0 Å². The maximum atomic E-state index is 12.6. The van der Waals surface area contributed by atoms with Crippen LogP contribution in [-0.2, 0) is 13.1 Å². The van der Waals surface area contributed by atoms with Crippen molar-refractivity contribution in [1.29, 1.82) is 0 Å². The number of hydrazine groups is 1. The van der Waals surface area contributed by atoms with Gasteiger partial charge in [-0.3, -0.25) is 25.0 Å². The van der Waals surface area contributed by atoms with Crippen LogP contribution in [0.3, 0.4) is 0 Å². The Bertz CT molecular complexity index is 1210. The maximum Gasteiger partial charge on any atom is 0.291 e. The molecule has 9 nitrogen and oxygen atoms in total. The molecular weight excluding hydrogens is 370 g/mol. The third-order valence-corrected chi connectivity index (χ3v) is 4.42. The van der Waals surface area contributed by atoms with Gasteiger partial charge in [-0.25, -0.2) is 9.67 Å². The summed E-state index contributed by atoms with van der Waals surface area (Å²) in [7, 11) is 0. The minimum atomic E-state index is -0.477.